The summed E-state index contributed by atoms with van der Waals surface area (Å²) in [5.41, 5.74) is 3.44. The van der Waals surface area contributed by atoms with Crippen LogP contribution in [-0.2, 0) is 6.42 Å². The second kappa shape index (κ2) is 10.9. The summed E-state index contributed by atoms with van der Waals surface area (Å²) in [4.78, 5) is 16.3. The lowest BCUT2D eigenvalue weighted by Crippen LogP contribution is -2.39. The number of hydrogen-bond acceptors (Lipinski definition) is 3. The molecule has 0 spiro atoms. The molecule has 0 saturated carbocycles. The van der Waals surface area contributed by atoms with Gasteiger partial charge in [0.05, 0.1) is 24.3 Å². The van der Waals surface area contributed by atoms with Crippen LogP contribution in [0.3, 0.4) is 0 Å². The molecule has 3 aromatic carbocycles. The Balaban J connectivity index is 1.57. The van der Waals surface area contributed by atoms with Gasteiger partial charge < -0.3 is 20.1 Å². The minimum atomic E-state index is -0.544. The van der Waals surface area contributed by atoms with Crippen molar-refractivity contribution in [2.45, 2.75) is 32.4 Å². The molecular weight excluding hydrogens is 443 g/mol. The van der Waals surface area contributed by atoms with E-state index in [4.69, 9.17) is 4.74 Å². The monoisotopic (exact) mass is 470 g/mol. The summed E-state index contributed by atoms with van der Waals surface area (Å²) in [7, 11) is 0. The smallest absolute Gasteiger partial charge is 0.255 e. The molecular formula is C29H27FN2O3. The van der Waals surface area contributed by atoms with Gasteiger partial charge in [0.2, 0.25) is 0 Å². The number of halogens is 1. The van der Waals surface area contributed by atoms with Crippen LogP contribution in [0.5, 0.6) is 5.75 Å². The van der Waals surface area contributed by atoms with Crippen molar-refractivity contribution >= 4 is 16.8 Å². The van der Waals surface area contributed by atoms with Crippen LogP contribution in [0.15, 0.2) is 72.9 Å². The van der Waals surface area contributed by atoms with E-state index in [1.54, 1.807) is 24.4 Å². The molecule has 1 heterocycles. The van der Waals surface area contributed by atoms with Crippen molar-refractivity contribution in [2.24, 2.45) is 0 Å². The fraction of sp³-hybridized carbons (Fsp3) is 0.207. The molecule has 3 N–H and O–H groups in total. The van der Waals surface area contributed by atoms with Crippen LogP contribution in [-0.4, -0.2) is 34.8 Å². The minimum absolute atomic E-state index is 0.122. The van der Waals surface area contributed by atoms with Gasteiger partial charge in [-0.1, -0.05) is 30.0 Å². The summed E-state index contributed by atoms with van der Waals surface area (Å²) in [5, 5.41) is 13.7. The normalized spacial score (nSPS) is 11.7. The Morgan fingerprint density at radius 2 is 1.83 bits per heavy atom. The van der Waals surface area contributed by atoms with Crippen molar-refractivity contribution in [3.63, 3.8) is 0 Å². The van der Waals surface area contributed by atoms with Gasteiger partial charge in [0.25, 0.3) is 5.91 Å². The molecule has 1 amide bonds. The van der Waals surface area contributed by atoms with Gasteiger partial charge in [-0.25, -0.2) is 4.39 Å². The van der Waals surface area contributed by atoms with Crippen molar-refractivity contribution < 1.29 is 19.0 Å². The van der Waals surface area contributed by atoms with Gasteiger partial charge in [0.1, 0.15) is 11.6 Å². The Morgan fingerprint density at radius 3 is 2.57 bits per heavy atom. The second-order valence-corrected chi connectivity index (χ2v) is 8.55. The first kappa shape index (κ1) is 24.1. The molecule has 0 aliphatic rings. The number of carbonyl (C=O) groups excluding carboxylic acids is 1. The maximum absolute atomic E-state index is 13.5. The highest BCUT2D eigenvalue weighted by atomic mass is 19.1. The SMILES string of the molecule is CC(C)Oc1ccc(C#Cc2ccccc2)cc1C(=O)NC(CO)Cc1c[nH]c2cc(F)ccc12. The number of amides is 1. The van der Waals surface area contributed by atoms with Crippen molar-refractivity contribution in [1.82, 2.24) is 10.3 Å². The summed E-state index contributed by atoms with van der Waals surface area (Å²) < 4.78 is 19.4. The number of fused-ring (bicyclic) bond motifs is 1. The average Bonchev–Trinajstić information content (AvgIpc) is 3.24. The van der Waals surface area contributed by atoms with Gasteiger partial charge >= 0.3 is 0 Å². The molecule has 178 valence electrons. The molecule has 35 heavy (non-hydrogen) atoms. The van der Waals surface area contributed by atoms with Gasteiger partial charge in [0, 0.05) is 28.2 Å². The number of H-pyrrole nitrogens is 1. The van der Waals surface area contributed by atoms with Crippen molar-refractivity contribution in [3.8, 4) is 17.6 Å². The first-order chi connectivity index (χ1) is 16.9. The molecule has 0 aliphatic heterocycles. The van der Waals surface area contributed by atoms with Crippen molar-refractivity contribution in [1.29, 1.82) is 0 Å². The topological polar surface area (TPSA) is 74.3 Å². The van der Waals surface area contributed by atoms with E-state index in [9.17, 15) is 14.3 Å². The number of aromatic amines is 1. The lowest BCUT2D eigenvalue weighted by molar-refractivity contribution is 0.0910. The third kappa shape index (κ3) is 6.08. The number of carbonyl (C=O) groups is 1. The van der Waals surface area contributed by atoms with E-state index in [1.165, 1.54) is 12.1 Å². The zero-order valence-electron chi connectivity index (χ0n) is 19.6. The summed E-state index contributed by atoms with van der Waals surface area (Å²) >= 11 is 0. The molecule has 0 radical (unpaired) electrons. The maximum atomic E-state index is 13.5. The Labute approximate surface area is 204 Å². The average molecular weight is 471 g/mol. The Morgan fingerprint density at radius 1 is 1.06 bits per heavy atom. The third-order valence-electron chi connectivity index (χ3n) is 5.46. The standard InChI is InChI=1S/C29H27FN2O3/c1-19(2)35-28-13-10-21(9-8-20-6-4-3-5-7-20)14-26(28)29(34)32-24(18-33)15-22-17-31-27-16-23(30)11-12-25(22)27/h3-7,10-14,16-17,19,24,31,33H,15,18H2,1-2H3,(H,32,34). The second-order valence-electron chi connectivity index (χ2n) is 8.55. The molecule has 4 aromatic rings. The van der Waals surface area contributed by atoms with Gasteiger partial charge in [-0.3, -0.25) is 4.79 Å². The minimum Gasteiger partial charge on any atom is -0.490 e. The lowest BCUT2D eigenvalue weighted by atomic mass is 10.0. The van der Waals surface area contributed by atoms with Crippen LogP contribution >= 0.6 is 0 Å². The summed E-state index contributed by atoms with van der Waals surface area (Å²) in [6.45, 7) is 3.52. The molecule has 0 fully saturated rings. The lowest BCUT2D eigenvalue weighted by Gasteiger charge is -2.19. The van der Waals surface area contributed by atoms with Crippen LogP contribution in [0.2, 0.25) is 0 Å². The fourth-order valence-electron chi connectivity index (χ4n) is 3.82. The van der Waals surface area contributed by atoms with Gasteiger partial charge in [-0.15, -0.1) is 0 Å². The zero-order valence-corrected chi connectivity index (χ0v) is 19.6. The molecule has 6 heteroatoms. The summed E-state index contributed by atoms with van der Waals surface area (Å²) in [6, 6.07) is 18.8. The number of aliphatic hydroxyl groups is 1. The van der Waals surface area contributed by atoms with E-state index >= 15 is 0 Å². The number of ether oxygens (including phenoxy) is 1. The largest absolute Gasteiger partial charge is 0.490 e. The van der Waals surface area contributed by atoms with E-state index in [0.29, 0.717) is 28.8 Å². The van der Waals surface area contributed by atoms with Crippen molar-refractivity contribution in [3.05, 3.63) is 101 Å². The molecule has 1 unspecified atom stereocenters. The van der Waals surface area contributed by atoms with Crippen LogP contribution in [0.25, 0.3) is 10.9 Å². The first-order valence-electron chi connectivity index (χ1n) is 11.5. The number of aliphatic hydroxyl groups excluding tert-OH is 1. The Hall–Kier alpha value is -4.08. The van der Waals surface area contributed by atoms with E-state index in [0.717, 1.165) is 16.5 Å². The van der Waals surface area contributed by atoms with Crippen LogP contribution < -0.4 is 10.1 Å². The highest BCUT2D eigenvalue weighted by Crippen LogP contribution is 2.23. The number of hydrogen-bond donors (Lipinski definition) is 3. The van der Waals surface area contributed by atoms with Crippen LogP contribution in [0.1, 0.15) is 40.9 Å². The molecule has 4 rings (SSSR count). The number of aromatic nitrogens is 1. The molecule has 1 aromatic heterocycles. The first-order valence-corrected chi connectivity index (χ1v) is 11.5. The molecule has 0 bridgehead atoms. The van der Waals surface area contributed by atoms with Crippen LogP contribution in [0, 0.1) is 17.7 Å². The van der Waals surface area contributed by atoms with E-state index in [1.807, 2.05) is 50.2 Å². The molecule has 1 atom stereocenters. The Bertz CT molecular complexity index is 1380. The van der Waals surface area contributed by atoms with Gasteiger partial charge in [-0.2, -0.15) is 0 Å². The van der Waals surface area contributed by atoms with Crippen LogP contribution in [0.4, 0.5) is 4.39 Å². The maximum Gasteiger partial charge on any atom is 0.255 e. The molecule has 0 aliphatic carbocycles. The predicted octanol–water partition coefficient (Wildman–Crippen LogP) is 4.83. The highest BCUT2D eigenvalue weighted by Gasteiger charge is 2.20. The highest BCUT2D eigenvalue weighted by molar-refractivity contribution is 5.97. The van der Waals surface area contributed by atoms with E-state index < -0.39 is 6.04 Å². The summed E-state index contributed by atoms with van der Waals surface area (Å²) in [5.74, 6) is 5.94. The number of rotatable bonds is 7. The number of nitrogens with one attached hydrogen (secondary N) is 2. The van der Waals surface area contributed by atoms with E-state index in [-0.39, 0.29) is 24.4 Å². The van der Waals surface area contributed by atoms with Crippen molar-refractivity contribution in [2.75, 3.05) is 6.61 Å². The van der Waals surface area contributed by atoms with Gasteiger partial charge in [-0.05, 0) is 74.4 Å². The predicted molar refractivity (Wildman–Crippen MR) is 135 cm³/mol. The zero-order chi connectivity index (χ0) is 24.8. The number of benzene rings is 3. The van der Waals surface area contributed by atoms with Gasteiger partial charge in [0.15, 0.2) is 0 Å². The third-order valence-corrected chi connectivity index (χ3v) is 5.46. The van der Waals surface area contributed by atoms with E-state index in [2.05, 4.69) is 22.1 Å². The molecule has 5 nitrogen and oxygen atoms in total. The quantitative estimate of drug-likeness (QED) is 0.339. The Kier molecular flexibility index (Phi) is 7.49. The molecule has 0 saturated heterocycles. The fourth-order valence-corrected chi connectivity index (χ4v) is 3.82. The summed E-state index contributed by atoms with van der Waals surface area (Å²) in [6.07, 6.45) is 2.02.